The minimum atomic E-state index is -0.444. The Hall–Kier alpha value is -1.48. The van der Waals surface area contributed by atoms with Crippen LogP contribution in [-0.4, -0.2) is 5.78 Å². The maximum atomic E-state index is 13.7. The van der Waals surface area contributed by atoms with Crippen LogP contribution in [0.25, 0.3) is 0 Å². The van der Waals surface area contributed by atoms with Crippen LogP contribution < -0.4 is 0 Å². The van der Waals surface area contributed by atoms with Crippen LogP contribution in [0.2, 0.25) is 0 Å². The molecular formula is C14H13FOS. The lowest BCUT2D eigenvalue weighted by Crippen LogP contribution is -2.03. The fourth-order valence-corrected chi connectivity index (χ4v) is 2.77. The highest BCUT2D eigenvalue weighted by atomic mass is 32.1. The molecule has 17 heavy (non-hydrogen) atoms. The van der Waals surface area contributed by atoms with Gasteiger partial charge in [-0.3, -0.25) is 4.79 Å². The lowest BCUT2D eigenvalue weighted by Gasteiger charge is -2.02. The van der Waals surface area contributed by atoms with Gasteiger partial charge in [-0.15, -0.1) is 11.3 Å². The summed E-state index contributed by atoms with van der Waals surface area (Å²) in [6, 6.07) is 6.65. The van der Waals surface area contributed by atoms with Crippen LogP contribution in [0.5, 0.6) is 0 Å². The van der Waals surface area contributed by atoms with Gasteiger partial charge in [-0.25, -0.2) is 4.39 Å². The van der Waals surface area contributed by atoms with Crippen molar-refractivity contribution in [3.63, 3.8) is 0 Å². The molecule has 1 heterocycles. The fraction of sp³-hybridized carbons (Fsp3) is 0.214. The second kappa shape index (κ2) is 4.41. The molecule has 0 atom stereocenters. The topological polar surface area (TPSA) is 17.1 Å². The summed E-state index contributed by atoms with van der Waals surface area (Å²) in [7, 11) is 0. The molecule has 0 aliphatic rings. The zero-order valence-electron chi connectivity index (χ0n) is 10.0. The normalized spacial score (nSPS) is 10.6. The highest BCUT2D eigenvalue weighted by molar-refractivity contribution is 7.14. The largest absolute Gasteiger partial charge is 0.288 e. The van der Waals surface area contributed by atoms with E-state index < -0.39 is 5.82 Å². The molecule has 0 aliphatic heterocycles. The molecule has 0 saturated heterocycles. The van der Waals surface area contributed by atoms with Crippen LogP contribution in [0.15, 0.2) is 24.3 Å². The van der Waals surface area contributed by atoms with Crippen LogP contribution in [0.4, 0.5) is 4.39 Å². The molecule has 2 aromatic rings. The van der Waals surface area contributed by atoms with Gasteiger partial charge in [0.15, 0.2) is 0 Å². The van der Waals surface area contributed by atoms with Crippen molar-refractivity contribution in [3.05, 3.63) is 56.5 Å². The number of carbonyl (C=O) groups is 1. The number of hydrogen-bond acceptors (Lipinski definition) is 2. The second-order valence-electron chi connectivity index (χ2n) is 4.18. The van der Waals surface area contributed by atoms with Gasteiger partial charge >= 0.3 is 0 Å². The number of halogens is 1. The zero-order valence-corrected chi connectivity index (χ0v) is 10.8. The molecule has 3 heteroatoms. The highest BCUT2D eigenvalue weighted by Crippen LogP contribution is 2.25. The summed E-state index contributed by atoms with van der Waals surface area (Å²) in [6.07, 6.45) is 0. The molecule has 0 unspecified atom stereocenters. The van der Waals surface area contributed by atoms with Crippen molar-refractivity contribution in [3.8, 4) is 0 Å². The third-order valence-corrected chi connectivity index (χ3v) is 3.77. The Kier molecular flexibility index (Phi) is 3.11. The van der Waals surface area contributed by atoms with E-state index in [0.717, 1.165) is 16.0 Å². The molecule has 0 amide bonds. The van der Waals surface area contributed by atoms with Crippen molar-refractivity contribution < 1.29 is 9.18 Å². The molecule has 0 spiro atoms. The summed E-state index contributed by atoms with van der Waals surface area (Å²) in [5.74, 6) is -0.668. The molecule has 1 nitrogen and oxygen atoms in total. The monoisotopic (exact) mass is 248 g/mol. The summed E-state index contributed by atoms with van der Waals surface area (Å²) in [6.45, 7) is 5.63. The first-order valence-electron chi connectivity index (χ1n) is 5.37. The zero-order chi connectivity index (χ0) is 12.6. The second-order valence-corrected chi connectivity index (χ2v) is 5.44. The molecular weight excluding hydrogens is 235 g/mol. The maximum Gasteiger partial charge on any atom is 0.206 e. The van der Waals surface area contributed by atoms with E-state index >= 15 is 0 Å². The Morgan fingerprint density at radius 3 is 2.41 bits per heavy atom. The summed E-state index contributed by atoms with van der Waals surface area (Å²) >= 11 is 1.41. The molecule has 0 bridgehead atoms. The predicted molar refractivity (Wildman–Crippen MR) is 68.4 cm³/mol. The molecule has 1 aromatic heterocycles. The van der Waals surface area contributed by atoms with Crippen LogP contribution in [-0.2, 0) is 0 Å². The van der Waals surface area contributed by atoms with Crippen molar-refractivity contribution in [1.29, 1.82) is 0 Å². The molecule has 1 aromatic carbocycles. The van der Waals surface area contributed by atoms with E-state index in [9.17, 15) is 9.18 Å². The first kappa shape index (κ1) is 12.0. The lowest BCUT2D eigenvalue weighted by molar-refractivity contribution is 0.103. The quantitative estimate of drug-likeness (QED) is 0.733. The number of hydrogen-bond donors (Lipinski definition) is 0. The smallest absolute Gasteiger partial charge is 0.206 e. The number of aryl methyl sites for hydroxylation is 3. The SMILES string of the molecule is Cc1ccc(C(=O)c2sc(C)cc2C)c(F)c1. The van der Waals surface area contributed by atoms with E-state index in [1.54, 1.807) is 19.1 Å². The minimum Gasteiger partial charge on any atom is -0.288 e. The first-order valence-corrected chi connectivity index (χ1v) is 6.18. The standard InChI is InChI=1S/C14H13FOS/c1-8-4-5-11(12(15)6-8)13(16)14-9(2)7-10(3)17-14/h4-7H,1-3H3. The Labute approximate surface area is 104 Å². The van der Waals surface area contributed by atoms with Gasteiger partial charge in [0.25, 0.3) is 0 Å². The number of rotatable bonds is 2. The van der Waals surface area contributed by atoms with Gasteiger partial charge in [-0.05, 0) is 50.1 Å². The number of benzene rings is 1. The lowest BCUT2D eigenvalue weighted by atomic mass is 10.0. The van der Waals surface area contributed by atoms with E-state index in [-0.39, 0.29) is 11.3 Å². The average molecular weight is 248 g/mol. The van der Waals surface area contributed by atoms with Gasteiger partial charge in [-0.1, -0.05) is 6.07 Å². The minimum absolute atomic E-state index is 0.153. The van der Waals surface area contributed by atoms with E-state index in [4.69, 9.17) is 0 Å². The van der Waals surface area contributed by atoms with E-state index in [2.05, 4.69) is 0 Å². The maximum absolute atomic E-state index is 13.7. The Morgan fingerprint density at radius 1 is 1.18 bits per heavy atom. The first-order chi connectivity index (χ1) is 7.99. The molecule has 0 aliphatic carbocycles. The van der Waals surface area contributed by atoms with Gasteiger partial charge in [0, 0.05) is 4.88 Å². The number of ketones is 1. The molecule has 88 valence electrons. The van der Waals surface area contributed by atoms with Crippen molar-refractivity contribution in [1.82, 2.24) is 0 Å². The third-order valence-electron chi connectivity index (χ3n) is 2.62. The molecule has 0 radical (unpaired) electrons. The Balaban J connectivity index is 2.47. The highest BCUT2D eigenvalue weighted by Gasteiger charge is 2.17. The van der Waals surface area contributed by atoms with Gasteiger partial charge in [-0.2, -0.15) is 0 Å². The van der Waals surface area contributed by atoms with Crippen molar-refractivity contribution >= 4 is 17.1 Å². The van der Waals surface area contributed by atoms with E-state index in [0.29, 0.717) is 4.88 Å². The van der Waals surface area contributed by atoms with Crippen LogP contribution in [0.1, 0.15) is 31.2 Å². The summed E-state index contributed by atoms with van der Waals surface area (Å²) in [5.41, 5.74) is 1.89. The number of carbonyl (C=O) groups excluding carboxylic acids is 1. The van der Waals surface area contributed by atoms with E-state index in [1.807, 2.05) is 19.9 Å². The summed E-state index contributed by atoms with van der Waals surface area (Å²) in [4.78, 5) is 13.9. The van der Waals surface area contributed by atoms with Crippen molar-refractivity contribution in [2.24, 2.45) is 0 Å². The Bertz CT molecular complexity index is 584. The molecule has 0 N–H and O–H groups in total. The average Bonchev–Trinajstić information content (AvgIpc) is 2.57. The Morgan fingerprint density at radius 2 is 1.88 bits per heavy atom. The molecule has 0 saturated carbocycles. The fourth-order valence-electron chi connectivity index (χ4n) is 1.79. The van der Waals surface area contributed by atoms with Crippen LogP contribution in [0.3, 0.4) is 0 Å². The van der Waals surface area contributed by atoms with Gasteiger partial charge in [0.2, 0.25) is 5.78 Å². The predicted octanol–water partition coefficient (Wildman–Crippen LogP) is 4.04. The summed E-state index contributed by atoms with van der Waals surface area (Å²) in [5, 5.41) is 0. The van der Waals surface area contributed by atoms with E-state index in [1.165, 1.54) is 17.4 Å². The van der Waals surface area contributed by atoms with Crippen LogP contribution in [0, 0.1) is 26.6 Å². The van der Waals surface area contributed by atoms with Gasteiger partial charge < -0.3 is 0 Å². The number of thiophene rings is 1. The van der Waals surface area contributed by atoms with Gasteiger partial charge in [0.1, 0.15) is 5.82 Å². The molecule has 2 rings (SSSR count). The summed E-state index contributed by atoms with van der Waals surface area (Å²) < 4.78 is 13.7. The van der Waals surface area contributed by atoms with Crippen molar-refractivity contribution in [2.45, 2.75) is 20.8 Å². The third kappa shape index (κ3) is 2.29. The van der Waals surface area contributed by atoms with Crippen LogP contribution >= 0.6 is 11.3 Å². The van der Waals surface area contributed by atoms with Crippen molar-refractivity contribution in [2.75, 3.05) is 0 Å². The van der Waals surface area contributed by atoms with Gasteiger partial charge in [0.05, 0.1) is 10.4 Å². The molecule has 0 fully saturated rings.